The van der Waals surface area contributed by atoms with Crippen LogP contribution in [-0.2, 0) is 20.9 Å². The van der Waals surface area contributed by atoms with Gasteiger partial charge in [0.2, 0.25) is 0 Å². The normalized spacial score (nSPS) is 26.1. The van der Waals surface area contributed by atoms with Gasteiger partial charge in [-0.15, -0.1) is 0 Å². The number of epoxide rings is 1. The van der Waals surface area contributed by atoms with Crippen LogP contribution in [0, 0.1) is 0 Å². The number of fused-ring (bicyclic) bond motifs is 2. The third-order valence-electron chi connectivity index (χ3n) is 5.39. The van der Waals surface area contributed by atoms with E-state index in [1.165, 1.54) is 14.0 Å². The molecule has 1 fully saturated rings. The van der Waals surface area contributed by atoms with Gasteiger partial charge in [-0.2, -0.15) is 0 Å². The van der Waals surface area contributed by atoms with Crippen LogP contribution in [0.1, 0.15) is 66.8 Å². The van der Waals surface area contributed by atoms with Crippen LogP contribution in [0.4, 0.5) is 0 Å². The highest BCUT2D eigenvalue weighted by atomic mass is 16.6. The predicted molar refractivity (Wildman–Crippen MR) is 95.9 cm³/mol. The minimum Gasteiger partial charge on any atom is -0.504 e. The van der Waals surface area contributed by atoms with Gasteiger partial charge in [0.15, 0.2) is 17.3 Å². The van der Waals surface area contributed by atoms with Crippen molar-refractivity contribution in [3.8, 4) is 11.5 Å². The summed E-state index contributed by atoms with van der Waals surface area (Å²) in [6.07, 6.45) is 0.0807. The zero-order chi connectivity index (χ0) is 20.0. The van der Waals surface area contributed by atoms with Gasteiger partial charge < -0.3 is 24.4 Å². The predicted octanol–water partition coefficient (Wildman–Crippen LogP) is 2.53. The van der Waals surface area contributed by atoms with Crippen molar-refractivity contribution in [2.24, 2.45) is 0 Å². The van der Waals surface area contributed by atoms with Crippen LogP contribution in [0.5, 0.6) is 11.5 Å². The quantitative estimate of drug-likeness (QED) is 0.352. The Morgan fingerprint density at radius 1 is 1.22 bits per heavy atom. The molecule has 3 rings (SSSR count). The molecule has 146 valence electrons. The van der Waals surface area contributed by atoms with E-state index < -0.39 is 12.1 Å². The SMILES string of the molecule is CC=C(C)C(=O)OCc1c(C(C)=O)c(O)c(OC)c2c1[C@@H](C)[C@@H]1O[C@@H]1[C@H]2O. The van der Waals surface area contributed by atoms with E-state index in [0.29, 0.717) is 22.3 Å². The first-order chi connectivity index (χ1) is 12.7. The van der Waals surface area contributed by atoms with Crippen molar-refractivity contribution >= 4 is 11.8 Å². The molecule has 0 saturated carbocycles. The van der Waals surface area contributed by atoms with E-state index >= 15 is 0 Å². The number of phenolic OH excluding ortho intramolecular Hbond substituents is 1. The molecule has 0 bridgehead atoms. The van der Waals surface area contributed by atoms with Crippen molar-refractivity contribution in [3.05, 3.63) is 33.9 Å². The number of rotatable bonds is 5. The molecule has 0 aromatic heterocycles. The zero-order valence-corrected chi connectivity index (χ0v) is 16.0. The largest absolute Gasteiger partial charge is 0.504 e. The molecule has 1 aromatic rings. The standard InChI is InChI=1S/C20H24O7/c1-6-8(2)20(24)26-7-11-12-9(3)17-19(27-17)16(23)14(12)18(25-5)15(22)13(11)10(4)21/h6,9,16-17,19,22-23H,7H2,1-5H3/t9-,16+,17+,19-/m1/s1. The van der Waals surface area contributed by atoms with Gasteiger partial charge in [-0.25, -0.2) is 4.79 Å². The maximum atomic E-state index is 12.3. The van der Waals surface area contributed by atoms with Gasteiger partial charge in [0.25, 0.3) is 0 Å². The van der Waals surface area contributed by atoms with Gasteiger partial charge in [-0.1, -0.05) is 13.0 Å². The van der Waals surface area contributed by atoms with Crippen molar-refractivity contribution in [2.75, 3.05) is 7.11 Å². The Kier molecular flexibility index (Phi) is 5.01. The van der Waals surface area contributed by atoms with Crippen LogP contribution in [-0.4, -0.2) is 41.3 Å². The number of aromatic hydroxyl groups is 1. The highest BCUT2D eigenvalue weighted by Gasteiger charge is 2.55. The first kappa shape index (κ1) is 19.4. The lowest BCUT2D eigenvalue weighted by Gasteiger charge is -2.30. The number of aliphatic hydroxyl groups excluding tert-OH is 1. The van der Waals surface area contributed by atoms with E-state index in [1.807, 2.05) is 6.92 Å². The van der Waals surface area contributed by atoms with Gasteiger partial charge in [0.1, 0.15) is 18.8 Å². The summed E-state index contributed by atoms with van der Waals surface area (Å²) in [5.41, 5.74) is 1.87. The molecule has 0 amide bonds. The maximum absolute atomic E-state index is 12.3. The molecule has 1 saturated heterocycles. The van der Waals surface area contributed by atoms with Crippen LogP contribution in [0.2, 0.25) is 0 Å². The van der Waals surface area contributed by atoms with Gasteiger partial charge in [0.05, 0.1) is 18.8 Å². The van der Waals surface area contributed by atoms with E-state index in [-0.39, 0.29) is 47.6 Å². The molecule has 2 N–H and O–H groups in total. The lowest BCUT2D eigenvalue weighted by Crippen LogP contribution is -2.25. The summed E-state index contributed by atoms with van der Waals surface area (Å²) in [6, 6.07) is 0. The van der Waals surface area contributed by atoms with Crippen LogP contribution in [0.25, 0.3) is 0 Å². The van der Waals surface area contributed by atoms with Crippen molar-refractivity contribution in [1.82, 2.24) is 0 Å². The third kappa shape index (κ3) is 3.00. The first-order valence-corrected chi connectivity index (χ1v) is 8.84. The average Bonchev–Trinajstić information content (AvgIpc) is 3.43. The summed E-state index contributed by atoms with van der Waals surface area (Å²) in [6.45, 7) is 6.39. The number of phenols is 1. The number of allylic oxidation sites excluding steroid dienone is 1. The molecule has 4 atom stereocenters. The van der Waals surface area contributed by atoms with E-state index in [9.17, 15) is 19.8 Å². The van der Waals surface area contributed by atoms with Crippen LogP contribution in [0.3, 0.4) is 0 Å². The van der Waals surface area contributed by atoms with Crippen molar-refractivity contribution in [3.63, 3.8) is 0 Å². The van der Waals surface area contributed by atoms with Gasteiger partial charge in [-0.3, -0.25) is 4.79 Å². The Morgan fingerprint density at radius 2 is 1.89 bits per heavy atom. The summed E-state index contributed by atoms with van der Waals surface area (Å²) >= 11 is 0. The molecule has 7 heteroatoms. The number of hydrogen-bond acceptors (Lipinski definition) is 7. The van der Waals surface area contributed by atoms with E-state index in [4.69, 9.17) is 14.2 Å². The molecule has 0 unspecified atom stereocenters. The molecular weight excluding hydrogens is 352 g/mol. The number of aliphatic hydroxyl groups is 1. The highest BCUT2D eigenvalue weighted by molar-refractivity contribution is 6.00. The van der Waals surface area contributed by atoms with Crippen molar-refractivity contribution in [1.29, 1.82) is 0 Å². The second kappa shape index (κ2) is 6.98. The number of esters is 1. The monoisotopic (exact) mass is 376 g/mol. The van der Waals surface area contributed by atoms with Crippen LogP contribution >= 0.6 is 0 Å². The second-order valence-electron chi connectivity index (χ2n) is 6.97. The fraction of sp³-hybridized carbons (Fsp3) is 0.500. The molecular formula is C20H24O7. The first-order valence-electron chi connectivity index (χ1n) is 8.84. The van der Waals surface area contributed by atoms with E-state index in [2.05, 4.69) is 0 Å². The molecule has 1 aliphatic carbocycles. The molecule has 1 heterocycles. The van der Waals surface area contributed by atoms with Crippen LogP contribution in [0.15, 0.2) is 11.6 Å². The number of ketones is 1. The summed E-state index contributed by atoms with van der Waals surface area (Å²) in [5.74, 6) is -1.35. The van der Waals surface area contributed by atoms with E-state index in [1.54, 1.807) is 19.9 Å². The van der Waals surface area contributed by atoms with Gasteiger partial charge in [0, 0.05) is 22.6 Å². The number of Topliss-reactive ketones (excluding diaryl/α,β-unsaturated/α-hetero) is 1. The third-order valence-corrected chi connectivity index (χ3v) is 5.39. The summed E-state index contributed by atoms with van der Waals surface area (Å²) in [5, 5.41) is 21.3. The minimum absolute atomic E-state index is 0.0367. The average molecular weight is 376 g/mol. The Balaban J connectivity index is 2.19. The van der Waals surface area contributed by atoms with Gasteiger partial charge in [-0.05, 0) is 26.3 Å². The zero-order valence-electron chi connectivity index (χ0n) is 16.0. The Labute approximate surface area is 157 Å². The molecule has 1 aromatic carbocycles. The topological polar surface area (TPSA) is 106 Å². The Morgan fingerprint density at radius 3 is 2.44 bits per heavy atom. The number of carbonyl (C=O) groups is 2. The molecule has 0 radical (unpaired) electrons. The Bertz CT molecular complexity index is 839. The fourth-order valence-corrected chi connectivity index (χ4v) is 3.84. The number of carbonyl (C=O) groups excluding carboxylic acids is 2. The number of methoxy groups -OCH3 is 1. The van der Waals surface area contributed by atoms with Crippen molar-refractivity contribution in [2.45, 2.75) is 58.5 Å². The summed E-state index contributed by atoms with van der Waals surface area (Å²) in [4.78, 5) is 24.4. The highest BCUT2D eigenvalue weighted by Crippen LogP contribution is 2.56. The molecule has 2 aliphatic rings. The molecule has 27 heavy (non-hydrogen) atoms. The molecule has 7 nitrogen and oxygen atoms in total. The Hall–Kier alpha value is -2.38. The molecule has 1 aliphatic heterocycles. The number of ether oxygens (including phenoxy) is 3. The smallest absolute Gasteiger partial charge is 0.333 e. The van der Waals surface area contributed by atoms with Gasteiger partial charge >= 0.3 is 5.97 Å². The molecule has 0 spiro atoms. The van der Waals surface area contributed by atoms with E-state index in [0.717, 1.165) is 0 Å². The lowest BCUT2D eigenvalue weighted by molar-refractivity contribution is -0.140. The summed E-state index contributed by atoms with van der Waals surface area (Å²) < 4.78 is 16.3. The summed E-state index contributed by atoms with van der Waals surface area (Å²) in [7, 11) is 1.37. The van der Waals surface area contributed by atoms with Crippen molar-refractivity contribution < 1.29 is 34.0 Å². The lowest BCUT2D eigenvalue weighted by atomic mass is 9.77. The fourth-order valence-electron chi connectivity index (χ4n) is 3.84. The van der Waals surface area contributed by atoms with Crippen LogP contribution < -0.4 is 4.74 Å². The maximum Gasteiger partial charge on any atom is 0.333 e. The number of benzene rings is 1. The second-order valence-corrected chi connectivity index (χ2v) is 6.97. The minimum atomic E-state index is -0.991. The number of hydrogen-bond donors (Lipinski definition) is 2.